The van der Waals surface area contributed by atoms with Crippen LogP contribution in [0.1, 0.15) is 12.5 Å². The third-order valence-electron chi connectivity index (χ3n) is 3.65. The Kier molecular flexibility index (Phi) is 4.13. The molecule has 2 aromatic carbocycles. The summed E-state index contributed by atoms with van der Waals surface area (Å²) in [6, 6.07) is 9.36. The van der Waals surface area contributed by atoms with E-state index in [9.17, 15) is 9.18 Å². The third-order valence-corrected chi connectivity index (χ3v) is 3.88. The highest BCUT2D eigenvalue weighted by Gasteiger charge is 2.28. The highest BCUT2D eigenvalue weighted by molar-refractivity contribution is 6.31. The van der Waals surface area contributed by atoms with Gasteiger partial charge in [0.1, 0.15) is 17.7 Å². The van der Waals surface area contributed by atoms with Crippen molar-refractivity contribution in [2.45, 2.75) is 20.0 Å². The number of rotatable bonds is 1. The predicted molar refractivity (Wildman–Crippen MR) is 89.0 cm³/mol. The largest absolute Gasteiger partial charge is 0.487 e. The molecular formula is C17H16ClFN2O2. The Labute approximate surface area is 138 Å². The van der Waals surface area contributed by atoms with Gasteiger partial charge in [0, 0.05) is 10.7 Å². The number of amides is 2. The van der Waals surface area contributed by atoms with Crippen LogP contribution < -0.4 is 15.0 Å². The number of hydrogen-bond acceptors (Lipinski definition) is 2. The van der Waals surface area contributed by atoms with Gasteiger partial charge in [0.2, 0.25) is 0 Å². The van der Waals surface area contributed by atoms with E-state index in [1.807, 2.05) is 6.92 Å². The number of hydrogen-bond donors (Lipinski definition) is 1. The molecule has 0 aromatic heterocycles. The molecule has 0 saturated carbocycles. The average Bonchev–Trinajstić information content (AvgIpc) is 2.50. The van der Waals surface area contributed by atoms with Gasteiger partial charge >= 0.3 is 6.03 Å². The van der Waals surface area contributed by atoms with Crippen molar-refractivity contribution in [2.75, 3.05) is 16.8 Å². The molecule has 0 fully saturated rings. The van der Waals surface area contributed by atoms with Crippen molar-refractivity contribution >= 4 is 29.0 Å². The standard InChI is InChI=1S/C17H16ClFN2O2/c1-10-3-5-13(8-14(10)19)20-17(22)21-9-11(2)23-16-6-4-12(18)7-15(16)21/h3-8,11H,9H2,1-2H3,(H,20,22)/t11-/m1/s1. The fourth-order valence-corrected chi connectivity index (χ4v) is 2.63. The van der Waals surface area contributed by atoms with E-state index < -0.39 is 0 Å². The summed E-state index contributed by atoms with van der Waals surface area (Å²) >= 11 is 6.02. The highest BCUT2D eigenvalue weighted by Crippen LogP contribution is 2.36. The van der Waals surface area contributed by atoms with E-state index in [1.165, 1.54) is 6.07 Å². The molecule has 3 rings (SSSR count). The van der Waals surface area contributed by atoms with E-state index >= 15 is 0 Å². The summed E-state index contributed by atoms with van der Waals surface area (Å²) in [6.45, 7) is 3.93. The Morgan fingerprint density at radius 3 is 2.87 bits per heavy atom. The Morgan fingerprint density at radius 2 is 2.13 bits per heavy atom. The average molecular weight is 335 g/mol. The molecule has 1 atom stereocenters. The molecule has 1 N–H and O–H groups in total. The molecule has 23 heavy (non-hydrogen) atoms. The molecule has 1 heterocycles. The molecular weight excluding hydrogens is 319 g/mol. The molecule has 6 heteroatoms. The first-order valence-corrected chi connectivity index (χ1v) is 7.62. The lowest BCUT2D eigenvalue weighted by molar-refractivity contribution is 0.208. The monoisotopic (exact) mass is 334 g/mol. The zero-order valence-electron chi connectivity index (χ0n) is 12.8. The van der Waals surface area contributed by atoms with Crippen molar-refractivity contribution < 1.29 is 13.9 Å². The minimum absolute atomic E-state index is 0.149. The first-order chi connectivity index (χ1) is 10.9. The second-order valence-electron chi connectivity index (χ2n) is 5.55. The molecule has 1 aliphatic heterocycles. The summed E-state index contributed by atoms with van der Waals surface area (Å²) in [4.78, 5) is 14.1. The van der Waals surface area contributed by atoms with E-state index in [0.717, 1.165) is 0 Å². The smallest absolute Gasteiger partial charge is 0.326 e. The molecule has 4 nitrogen and oxygen atoms in total. The number of carbonyl (C=O) groups is 1. The van der Waals surface area contributed by atoms with Gasteiger partial charge in [-0.25, -0.2) is 9.18 Å². The number of aryl methyl sites for hydroxylation is 1. The van der Waals surface area contributed by atoms with Crippen LogP contribution in [0.15, 0.2) is 36.4 Å². The Balaban J connectivity index is 1.87. The summed E-state index contributed by atoms with van der Waals surface area (Å²) in [5, 5.41) is 3.22. The van der Waals surface area contributed by atoms with Gasteiger partial charge in [-0.05, 0) is 49.7 Å². The van der Waals surface area contributed by atoms with E-state index in [1.54, 1.807) is 42.2 Å². The van der Waals surface area contributed by atoms with Crippen LogP contribution in [0.2, 0.25) is 5.02 Å². The molecule has 0 aliphatic carbocycles. The maximum Gasteiger partial charge on any atom is 0.326 e. The maximum atomic E-state index is 13.6. The number of ether oxygens (including phenoxy) is 1. The van der Waals surface area contributed by atoms with Crippen LogP contribution in [0.5, 0.6) is 5.75 Å². The highest BCUT2D eigenvalue weighted by atomic mass is 35.5. The number of halogens is 2. The van der Waals surface area contributed by atoms with Crippen molar-refractivity contribution in [3.8, 4) is 5.75 Å². The Morgan fingerprint density at radius 1 is 1.35 bits per heavy atom. The topological polar surface area (TPSA) is 41.6 Å². The molecule has 120 valence electrons. The lowest BCUT2D eigenvalue weighted by atomic mass is 10.2. The van der Waals surface area contributed by atoms with Crippen LogP contribution in [0, 0.1) is 12.7 Å². The van der Waals surface area contributed by atoms with Gasteiger partial charge in [-0.15, -0.1) is 0 Å². The zero-order chi connectivity index (χ0) is 16.6. The lowest BCUT2D eigenvalue weighted by Crippen LogP contribution is -2.44. The summed E-state index contributed by atoms with van der Waals surface area (Å²) in [6.07, 6.45) is -0.149. The molecule has 2 aromatic rings. The van der Waals surface area contributed by atoms with Crippen molar-refractivity contribution in [2.24, 2.45) is 0 Å². The van der Waals surface area contributed by atoms with Gasteiger partial charge < -0.3 is 10.1 Å². The Bertz CT molecular complexity index is 766. The van der Waals surface area contributed by atoms with Crippen LogP contribution in [-0.4, -0.2) is 18.7 Å². The van der Waals surface area contributed by atoms with Gasteiger partial charge in [0.15, 0.2) is 0 Å². The number of nitrogens with zero attached hydrogens (tertiary/aromatic N) is 1. The van der Waals surface area contributed by atoms with E-state index in [4.69, 9.17) is 16.3 Å². The van der Waals surface area contributed by atoms with E-state index in [-0.39, 0.29) is 18.0 Å². The first kappa shape index (κ1) is 15.6. The van der Waals surface area contributed by atoms with Crippen LogP contribution in [0.4, 0.5) is 20.6 Å². The Hall–Kier alpha value is -2.27. The number of urea groups is 1. The minimum atomic E-state index is -0.360. The van der Waals surface area contributed by atoms with Gasteiger partial charge in [-0.3, -0.25) is 4.90 Å². The summed E-state index contributed by atoms with van der Waals surface area (Å²) in [7, 11) is 0. The number of nitrogens with one attached hydrogen (secondary N) is 1. The fourth-order valence-electron chi connectivity index (χ4n) is 2.46. The fraction of sp³-hybridized carbons (Fsp3) is 0.235. The van der Waals surface area contributed by atoms with Crippen molar-refractivity contribution in [3.63, 3.8) is 0 Å². The van der Waals surface area contributed by atoms with Crippen molar-refractivity contribution in [1.82, 2.24) is 0 Å². The first-order valence-electron chi connectivity index (χ1n) is 7.25. The summed E-state index contributed by atoms with van der Waals surface area (Å²) in [5.74, 6) is 0.236. The van der Waals surface area contributed by atoms with Crippen LogP contribution in [-0.2, 0) is 0 Å². The lowest BCUT2D eigenvalue weighted by Gasteiger charge is -2.33. The van der Waals surface area contributed by atoms with Gasteiger partial charge in [0.05, 0.1) is 12.2 Å². The molecule has 0 radical (unpaired) electrons. The summed E-state index contributed by atoms with van der Waals surface area (Å²) in [5.41, 5.74) is 1.53. The van der Waals surface area contributed by atoms with Gasteiger partial charge in [0.25, 0.3) is 0 Å². The zero-order valence-corrected chi connectivity index (χ0v) is 13.5. The number of anilines is 2. The molecule has 0 unspecified atom stereocenters. The minimum Gasteiger partial charge on any atom is -0.487 e. The molecule has 0 spiro atoms. The van der Waals surface area contributed by atoms with Crippen molar-refractivity contribution in [1.29, 1.82) is 0 Å². The second-order valence-corrected chi connectivity index (χ2v) is 5.98. The van der Waals surface area contributed by atoms with E-state index in [2.05, 4.69) is 5.32 Å². The molecule has 1 aliphatic rings. The number of fused-ring (bicyclic) bond motifs is 1. The maximum absolute atomic E-state index is 13.6. The van der Waals surface area contributed by atoms with Gasteiger partial charge in [-0.1, -0.05) is 17.7 Å². The number of benzene rings is 2. The normalized spacial score (nSPS) is 16.5. The van der Waals surface area contributed by atoms with Gasteiger partial charge in [-0.2, -0.15) is 0 Å². The van der Waals surface area contributed by atoms with Crippen LogP contribution >= 0.6 is 11.6 Å². The quantitative estimate of drug-likeness (QED) is 0.827. The molecule has 0 saturated heterocycles. The van der Waals surface area contributed by atoms with Crippen LogP contribution in [0.25, 0.3) is 0 Å². The second kappa shape index (κ2) is 6.08. The number of carbonyl (C=O) groups excluding carboxylic acids is 1. The predicted octanol–water partition coefficient (Wildman–Crippen LogP) is 4.61. The summed E-state index contributed by atoms with van der Waals surface area (Å²) < 4.78 is 19.3. The van der Waals surface area contributed by atoms with Crippen LogP contribution in [0.3, 0.4) is 0 Å². The third kappa shape index (κ3) is 3.24. The van der Waals surface area contributed by atoms with E-state index in [0.29, 0.717) is 34.3 Å². The molecule has 2 amide bonds. The SMILES string of the molecule is Cc1ccc(NC(=O)N2C[C@@H](C)Oc3ccc(Cl)cc32)cc1F. The molecule has 0 bridgehead atoms. The van der Waals surface area contributed by atoms with Crippen molar-refractivity contribution in [3.05, 3.63) is 52.8 Å².